The summed E-state index contributed by atoms with van der Waals surface area (Å²) in [6.07, 6.45) is 4.20. The molecule has 2 atom stereocenters. The van der Waals surface area contributed by atoms with Gasteiger partial charge in [-0.05, 0) is 38.0 Å². The molecule has 1 aliphatic carbocycles. The van der Waals surface area contributed by atoms with Gasteiger partial charge in [0.25, 0.3) is 0 Å². The number of hydrogen-bond donors (Lipinski definition) is 0. The largest absolute Gasteiger partial charge is 0.466 e. The number of rotatable bonds is 5. The molecule has 102 valence electrons. The minimum absolute atomic E-state index is 0.231. The van der Waals surface area contributed by atoms with Crippen LogP contribution in [0.2, 0.25) is 0 Å². The first-order valence-electron chi connectivity index (χ1n) is 6.45. The van der Waals surface area contributed by atoms with Crippen LogP contribution < -0.4 is 0 Å². The van der Waals surface area contributed by atoms with Gasteiger partial charge < -0.3 is 9.47 Å². The Hall–Kier alpha value is -1.32. The van der Waals surface area contributed by atoms with E-state index in [0.717, 1.165) is 25.7 Å². The van der Waals surface area contributed by atoms with Gasteiger partial charge in [-0.3, -0.25) is 4.79 Å². The van der Waals surface area contributed by atoms with Gasteiger partial charge in [0.15, 0.2) is 0 Å². The second-order valence-electron chi connectivity index (χ2n) is 5.08. The Labute approximate surface area is 108 Å². The van der Waals surface area contributed by atoms with Crippen molar-refractivity contribution in [3.63, 3.8) is 0 Å². The van der Waals surface area contributed by atoms with E-state index in [0.29, 0.717) is 30.6 Å². The van der Waals surface area contributed by atoms with E-state index in [1.165, 1.54) is 6.92 Å². The Kier molecular flexibility index (Phi) is 5.89. The van der Waals surface area contributed by atoms with Gasteiger partial charge in [0.05, 0.1) is 13.2 Å². The van der Waals surface area contributed by atoms with Crippen molar-refractivity contribution in [2.75, 3.05) is 13.2 Å². The molecule has 0 aromatic heterocycles. The number of carbonyl (C=O) groups excluding carboxylic acids is 2. The number of carbonyl (C=O) groups is 2. The lowest BCUT2D eigenvalue weighted by Crippen LogP contribution is -2.24. The summed E-state index contributed by atoms with van der Waals surface area (Å²) < 4.78 is 10.2. The van der Waals surface area contributed by atoms with Crippen LogP contribution in [0.3, 0.4) is 0 Å². The third-order valence-electron chi connectivity index (χ3n) is 3.21. The third-order valence-corrected chi connectivity index (χ3v) is 3.21. The van der Waals surface area contributed by atoms with Gasteiger partial charge in [-0.2, -0.15) is 0 Å². The fraction of sp³-hybridized carbons (Fsp3) is 0.714. The van der Waals surface area contributed by atoms with Gasteiger partial charge in [-0.15, -0.1) is 0 Å². The predicted molar refractivity (Wildman–Crippen MR) is 67.9 cm³/mol. The molecule has 0 spiro atoms. The van der Waals surface area contributed by atoms with Crippen LogP contribution in [0.15, 0.2) is 12.2 Å². The van der Waals surface area contributed by atoms with E-state index in [2.05, 4.69) is 6.58 Å². The van der Waals surface area contributed by atoms with Crippen LogP contribution in [0, 0.1) is 11.8 Å². The van der Waals surface area contributed by atoms with Crippen LogP contribution in [0.4, 0.5) is 0 Å². The minimum atomic E-state index is -0.322. The summed E-state index contributed by atoms with van der Waals surface area (Å²) in [5, 5.41) is 0. The molecule has 0 radical (unpaired) electrons. The van der Waals surface area contributed by atoms with Crippen LogP contribution >= 0.6 is 0 Å². The van der Waals surface area contributed by atoms with E-state index in [9.17, 15) is 9.59 Å². The van der Waals surface area contributed by atoms with E-state index in [4.69, 9.17) is 9.47 Å². The van der Waals surface area contributed by atoms with Crippen LogP contribution in [0.5, 0.6) is 0 Å². The second kappa shape index (κ2) is 7.19. The first-order chi connectivity index (χ1) is 8.49. The van der Waals surface area contributed by atoms with E-state index < -0.39 is 0 Å². The van der Waals surface area contributed by atoms with Crippen LogP contribution in [0.1, 0.15) is 39.5 Å². The third kappa shape index (κ3) is 5.34. The second-order valence-corrected chi connectivity index (χ2v) is 5.08. The predicted octanol–water partition coefficient (Wildman–Crippen LogP) is 2.48. The molecule has 4 heteroatoms. The summed E-state index contributed by atoms with van der Waals surface area (Å²) in [7, 11) is 0. The molecule has 4 nitrogen and oxygen atoms in total. The van der Waals surface area contributed by atoms with Crippen molar-refractivity contribution in [1.82, 2.24) is 0 Å². The lowest BCUT2D eigenvalue weighted by atomic mass is 9.82. The zero-order chi connectivity index (χ0) is 13.5. The van der Waals surface area contributed by atoms with Crippen molar-refractivity contribution >= 4 is 11.9 Å². The Morgan fingerprint density at radius 3 is 2.17 bits per heavy atom. The van der Waals surface area contributed by atoms with Crippen molar-refractivity contribution in [2.45, 2.75) is 39.5 Å². The number of ether oxygens (including phenoxy) is 2. The SMILES string of the molecule is C=C(C)C(=O)OCC1CCCC(COC(C)=O)C1. The fourth-order valence-electron chi connectivity index (χ4n) is 2.26. The molecular weight excluding hydrogens is 232 g/mol. The molecule has 18 heavy (non-hydrogen) atoms. The van der Waals surface area contributed by atoms with Gasteiger partial charge in [-0.1, -0.05) is 13.0 Å². The molecule has 0 amide bonds. The maximum Gasteiger partial charge on any atom is 0.333 e. The zero-order valence-electron chi connectivity index (χ0n) is 11.2. The van der Waals surface area contributed by atoms with Crippen molar-refractivity contribution in [1.29, 1.82) is 0 Å². The lowest BCUT2D eigenvalue weighted by Gasteiger charge is -2.28. The number of esters is 2. The highest BCUT2D eigenvalue weighted by Crippen LogP contribution is 2.29. The first-order valence-corrected chi connectivity index (χ1v) is 6.45. The van der Waals surface area contributed by atoms with Gasteiger partial charge in [-0.25, -0.2) is 4.79 Å². The van der Waals surface area contributed by atoms with E-state index in [1.807, 2.05) is 0 Å². The highest BCUT2D eigenvalue weighted by Gasteiger charge is 2.23. The quantitative estimate of drug-likeness (QED) is 0.558. The number of hydrogen-bond acceptors (Lipinski definition) is 4. The molecule has 0 heterocycles. The molecule has 0 aliphatic heterocycles. The van der Waals surface area contributed by atoms with Gasteiger partial charge in [0.2, 0.25) is 0 Å². The summed E-state index contributed by atoms with van der Waals surface area (Å²) >= 11 is 0. The van der Waals surface area contributed by atoms with Gasteiger partial charge in [0.1, 0.15) is 0 Å². The first kappa shape index (κ1) is 14.7. The normalized spacial score (nSPS) is 23.2. The fourth-order valence-corrected chi connectivity index (χ4v) is 2.26. The molecule has 1 saturated carbocycles. The monoisotopic (exact) mass is 254 g/mol. The van der Waals surface area contributed by atoms with Crippen molar-refractivity contribution < 1.29 is 19.1 Å². The molecule has 0 aromatic carbocycles. The Balaban J connectivity index is 2.28. The van der Waals surface area contributed by atoms with Crippen molar-refractivity contribution in [2.24, 2.45) is 11.8 Å². The molecule has 0 N–H and O–H groups in total. The molecule has 1 rings (SSSR count). The molecule has 0 saturated heterocycles. The summed E-state index contributed by atoms with van der Waals surface area (Å²) in [5.74, 6) is 0.224. The van der Waals surface area contributed by atoms with Gasteiger partial charge >= 0.3 is 11.9 Å². The average Bonchev–Trinajstić information content (AvgIpc) is 2.33. The molecule has 0 aromatic rings. The summed E-state index contributed by atoms with van der Waals surface area (Å²) in [6, 6.07) is 0. The summed E-state index contributed by atoms with van der Waals surface area (Å²) in [6.45, 7) is 7.55. The highest BCUT2D eigenvalue weighted by molar-refractivity contribution is 5.86. The summed E-state index contributed by atoms with van der Waals surface area (Å²) in [4.78, 5) is 22.0. The van der Waals surface area contributed by atoms with Crippen molar-refractivity contribution in [3.05, 3.63) is 12.2 Å². The maximum atomic E-state index is 11.3. The summed E-state index contributed by atoms with van der Waals surface area (Å²) in [5.41, 5.74) is 0.433. The van der Waals surface area contributed by atoms with Crippen molar-refractivity contribution in [3.8, 4) is 0 Å². The smallest absolute Gasteiger partial charge is 0.333 e. The average molecular weight is 254 g/mol. The van der Waals surface area contributed by atoms with E-state index >= 15 is 0 Å². The van der Waals surface area contributed by atoms with Gasteiger partial charge in [0, 0.05) is 12.5 Å². The molecule has 1 fully saturated rings. The minimum Gasteiger partial charge on any atom is -0.466 e. The van der Waals surface area contributed by atoms with E-state index in [-0.39, 0.29) is 11.9 Å². The highest BCUT2D eigenvalue weighted by atomic mass is 16.5. The molecule has 2 unspecified atom stereocenters. The van der Waals surface area contributed by atoms with Crippen LogP contribution in [0.25, 0.3) is 0 Å². The Morgan fingerprint density at radius 1 is 1.11 bits per heavy atom. The molecule has 0 bridgehead atoms. The standard InChI is InChI=1S/C14H22O4/c1-10(2)14(16)18-9-13-6-4-5-12(7-13)8-17-11(3)15/h12-13H,1,4-9H2,2-3H3. The van der Waals surface area contributed by atoms with Crippen LogP contribution in [-0.4, -0.2) is 25.2 Å². The Bertz CT molecular complexity index is 322. The molecular formula is C14H22O4. The zero-order valence-corrected chi connectivity index (χ0v) is 11.2. The lowest BCUT2D eigenvalue weighted by molar-refractivity contribution is -0.143. The topological polar surface area (TPSA) is 52.6 Å². The maximum absolute atomic E-state index is 11.3. The Morgan fingerprint density at radius 2 is 1.67 bits per heavy atom. The van der Waals surface area contributed by atoms with Crippen LogP contribution in [-0.2, 0) is 19.1 Å². The molecule has 1 aliphatic rings. The van der Waals surface area contributed by atoms with E-state index in [1.54, 1.807) is 6.92 Å².